The number of carbonyl (C=O) groups is 2. The fourth-order valence-electron chi connectivity index (χ4n) is 1.36. The summed E-state index contributed by atoms with van der Waals surface area (Å²) in [6, 6.07) is 3.23. The molecule has 80 valence electrons. The number of ether oxygens (including phenoxy) is 1. The zero-order valence-corrected chi connectivity index (χ0v) is 8.61. The van der Waals surface area contributed by atoms with Crippen molar-refractivity contribution >= 4 is 12.3 Å². The summed E-state index contributed by atoms with van der Waals surface area (Å²) in [4.78, 5) is 21.3. The largest absolute Gasteiger partial charge is 0.497 e. The number of carboxylic acid groups (broad SMARTS) is 1. The molecule has 0 heterocycles. The third-order valence-corrected chi connectivity index (χ3v) is 2.23. The maximum Gasteiger partial charge on any atom is 0.307 e. The molecule has 15 heavy (non-hydrogen) atoms. The summed E-state index contributed by atoms with van der Waals surface area (Å²) < 4.78 is 4.98. The Morgan fingerprint density at radius 3 is 2.67 bits per heavy atom. The molecule has 0 aliphatic carbocycles. The summed E-state index contributed by atoms with van der Waals surface area (Å²) in [5, 5.41) is 8.69. The summed E-state index contributed by atoms with van der Waals surface area (Å²) in [7, 11) is 1.48. The van der Waals surface area contributed by atoms with E-state index in [0.717, 1.165) is 0 Å². The van der Waals surface area contributed by atoms with Crippen LogP contribution in [-0.4, -0.2) is 24.5 Å². The lowest BCUT2D eigenvalue weighted by atomic mass is 10.0. The van der Waals surface area contributed by atoms with Crippen molar-refractivity contribution < 1.29 is 19.4 Å². The summed E-state index contributed by atoms with van der Waals surface area (Å²) >= 11 is 0. The summed E-state index contributed by atoms with van der Waals surface area (Å²) in [6.07, 6.45) is 0.590. The van der Waals surface area contributed by atoms with Crippen molar-refractivity contribution in [1.82, 2.24) is 0 Å². The molecule has 1 aromatic rings. The van der Waals surface area contributed by atoms with E-state index in [0.29, 0.717) is 28.7 Å². The fourth-order valence-corrected chi connectivity index (χ4v) is 1.36. The highest BCUT2D eigenvalue weighted by Crippen LogP contribution is 2.21. The van der Waals surface area contributed by atoms with Gasteiger partial charge >= 0.3 is 5.97 Å². The van der Waals surface area contributed by atoms with E-state index in [2.05, 4.69) is 0 Å². The van der Waals surface area contributed by atoms with E-state index in [-0.39, 0.29) is 6.42 Å². The van der Waals surface area contributed by atoms with E-state index in [9.17, 15) is 9.59 Å². The molecule has 0 amide bonds. The monoisotopic (exact) mass is 208 g/mol. The molecular weight excluding hydrogens is 196 g/mol. The highest BCUT2D eigenvalue weighted by Gasteiger charge is 2.10. The predicted molar refractivity (Wildman–Crippen MR) is 54.5 cm³/mol. The molecule has 0 saturated carbocycles. The lowest BCUT2D eigenvalue weighted by molar-refractivity contribution is -0.136. The maximum atomic E-state index is 10.7. The van der Waals surface area contributed by atoms with E-state index >= 15 is 0 Å². The van der Waals surface area contributed by atoms with Crippen LogP contribution < -0.4 is 4.74 Å². The van der Waals surface area contributed by atoms with Crippen LogP contribution >= 0.6 is 0 Å². The van der Waals surface area contributed by atoms with Gasteiger partial charge in [0.1, 0.15) is 12.0 Å². The first kappa shape index (κ1) is 11.2. The number of hydrogen-bond acceptors (Lipinski definition) is 3. The Hall–Kier alpha value is -1.84. The minimum Gasteiger partial charge on any atom is -0.497 e. The summed E-state index contributed by atoms with van der Waals surface area (Å²) in [6.45, 7) is 1.72. The number of carboxylic acids is 1. The van der Waals surface area contributed by atoms with Crippen LogP contribution in [-0.2, 0) is 11.2 Å². The van der Waals surface area contributed by atoms with Gasteiger partial charge in [-0.3, -0.25) is 9.59 Å². The van der Waals surface area contributed by atoms with Gasteiger partial charge < -0.3 is 9.84 Å². The molecule has 4 heteroatoms. The van der Waals surface area contributed by atoms with E-state index < -0.39 is 5.97 Å². The molecule has 1 N–H and O–H groups in total. The van der Waals surface area contributed by atoms with Crippen LogP contribution in [0.25, 0.3) is 0 Å². The van der Waals surface area contributed by atoms with Gasteiger partial charge in [-0.1, -0.05) is 0 Å². The first-order valence-corrected chi connectivity index (χ1v) is 4.43. The smallest absolute Gasteiger partial charge is 0.307 e. The molecule has 0 spiro atoms. The van der Waals surface area contributed by atoms with Gasteiger partial charge in [0.05, 0.1) is 13.5 Å². The van der Waals surface area contributed by atoms with Crippen LogP contribution in [0.15, 0.2) is 12.1 Å². The molecule has 0 saturated heterocycles. The highest BCUT2D eigenvalue weighted by molar-refractivity contribution is 5.80. The number of rotatable bonds is 4. The Balaban J connectivity index is 3.23. The average molecular weight is 208 g/mol. The topological polar surface area (TPSA) is 63.6 Å². The van der Waals surface area contributed by atoms with Crippen LogP contribution in [0.3, 0.4) is 0 Å². The Morgan fingerprint density at radius 1 is 1.53 bits per heavy atom. The summed E-state index contributed by atoms with van der Waals surface area (Å²) in [5.41, 5.74) is 1.75. The molecule has 4 nitrogen and oxygen atoms in total. The number of aldehydes is 1. The molecular formula is C11H12O4. The second kappa shape index (κ2) is 4.59. The molecule has 0 aliphatic rings. The van der Waals surface area contributed by atoms with Crippen LogP contribution in [0.2, 0.25) is 0 Å². The standard InChI is InChI=1S/C11H12O4/c1-7-8(5-11(13)14)3-10(15-2)4-9(7)6-12/h3-4,6H,5H2,1-2H3,(H,13,14). The van der Waals surface area contributed by atoms with Crippen LogP contribution in [0.4, 0.5) is 0 Å². The lowest BCUT2D eigenvalue weighted by Gasteiger charge is -2.08. The van der Waals surface area contributed by atoms with E-state index in [1.54, 1.807) is 19.1 Å². The fraction of sp³-hybridized carbons (Fsp3) is 0.273. The van der Waals surface area contributed by atoms with Gasteiger partial charge in [0.25, 0.3) is 0 Å². The minimum atomic E-state index is -0.928. The van der Waals surface area contributed by atoms with Gasteiger partial charge in [-0.2, -0.15) is 0 Å². The van der Waals surface area contributed by atoms with Crippen molar-refractivity contribution in [2.24, 2.45) is 0 Å². The third-order valence-electron chi connectivity index (χ3n) is 2.23. The zero-order valence-electron chi connectivity index (χ0n) is 8.61. The van der Waals surface area contributed by atoms with Crippen molar-refractivity contribution in [3.8, 4) is 5.75 Å². The van der Waals surface area contributed by atoms with Gasteiger partial charge in [-0.05, 0) is 30.2 Å². The van der Waals surface area contributed by atoms with E-state index in [4.69, 9.17) is 9.84 Å². The Bertz CT molecular complexity index is 396. The highest BCUT2D eigenvalue weighted by atomic mass is 16.5. The van der Waals surface area contributed by atoms with Crippen molar-refractivity contribution in [3.05, 3.63) is 28.8 Å². The second-order valence-corrected chi connectivity index (χ2v) is 3.19. The van der Waals surface area contributed by atoms with E-state index in [1.807, 2.05) is 0 Å². The number of benzene rings is 1. The number of methoxy groups -OCH3 is 1. The third kappa shape index (κ3) is 2.56. The van der Waals surface area contributed by atoms with Crippen LogP contribution in [0.5, 0.6) is 5.75 Å². The molecule has 0 atom stereocenters. The molecule has 1 aromatic carbocycles. The summed E-state index contributed by atoms with van der Waals surface area (Å²) in [5.74, 6) is -0.429. The number of carbonyl (C=O) groups excluding carboxylic acids is 1. The Labute approximate surface area is 87.5 Å². The minimum absolute atomic E-state index is 0.107. The molecule has 0 aliphatic heterocycles. The molecule has 0 radical (unpaired) electrons. The quantitative estimate of drug-likeness (QED) is 0.760. The van der Waals surface area contributed by atoms with Gasteiger partial charge in [0.15, 0.2) is 0 Å². The van der Waals surface area contributed by atoms with Crippen LogP contribution in [0, 0.1) is 6.92 Å². The zero-order chi connectivity index (χ0) is 11.4. The second-order valence-electron chi connectivity index (χ2n) is 3.19. The van der Waals surface area contributed by atoms with Gasteiger partial charge in [-0.15, -0.1) is 0 Å². The first-order valence-electron chi connectivity index (χ1n) is 4.43. The molecule has 0 aromatic heterocycles. The van der Waals surface area contributed by atoms with Gasteiger partial charge in [-0.25, -0.2) is 0 Å². The van der Waals surface area contributed by atoms with Crippen molar-refractivity contribution in [2.45, 2.75) is 13.3 Å². The van der Waals surface area contributed by atoms with Crippen molar-refractivity contribution in [1.29, 1.82) is 0 Å². The molecule has 0 fully saturated rings. The van der Waals surface area contributed by atoms with Crippen molar-refractivity contribution in [3.63, 3.8) is 0 Å². The van der Waals surface area contributed by atoms with Crippen LogP contribution in [0.1, 0.15) is 21.5 Å². The average Bonchev–Trinajstić information content (AvgIpc) is 2.20. The normalized spacial score (nSPS) is 9.73. The predicted octanol–water partition coefficient (Wildman–Crippen LogP) is 1.44. The Kier molecular flexibility index (Phi) is 3.44. The Morgan fingerprint density at radius 2 is 2.20 bits per heavy atom. The molecule has 1 rings (SSSR count). The lowest BCUT2D eigenvalue weighted by Crippen LogP contribution is -2.04. The van der Waals surface area contributed by atoms with Crippen molar-refractivity contribution in [2.75, 3.05) is 7.11 Å². The van der Waals surface area contributed by atoms with E-state index in [1.165, 1.54) is 7.11 Å². The number of aliphatic carboxylic acids is 1. The first-order chi connectivity index (χ1) is 7.08. The molecule has 0 bridgehead atoms. The number of hydrogen-bond donors (Lipinski definition) is 1. The molecule has 0 unspecified atom stereocenters. The SMILES string of the molecule is COc1cc(C=O)c(C)c(CC(=O)O)c1. The van der Waals surface area contributed by atoms with Gasteiger partial charge in [0, 0.05) is 5.56 Å². The van der Waals surface area contributed by atoms with Gasteiger partial charge in [0.2, 0.25) is 0 Å². The maximum absolute atomic E-state index is 10.7.